The number of carbonyl (C=O) groups excluding carboxylic acids is 1. The number of benzene rings is 1. The summed E-state index contributed by atoms with van der Waals surface area (Å²) in [6.07, 6.45) is 0. The fraction of sp³-hybridized carbons (Fsp3) is 0.333. The third-order valence-corrected chi connectivity index (χ3v) is 2.59. The Hall–Kier alpha value is -1.91. The van der Waals surface area contributed by atoms with Gasteiger partial charge in [0.2, 0.25) is 0 Å². The third kappa shape index (κ3) is 2.61. The summed E-state index contributed by atoms with van der Waals surface area (Å²) >= 11 is 0. The van der Waals surface area contributed by atoms with E-state index in [1.54, 1.807) is 6.92 Å². The maximum absolute atomic E-state index is 13.6. The molecular weight excluding hydrogens is 227 g/mol. The molecule has 1 unspecified atom stereocenters. The zero-order valence-electron chi connectivity index (χ0n) is 9.78. The van der Waals surface area contributed by atoms with E-state index in [9.17, 15) is 14.0 Å². The highest BCUT2D eigenvalue weighted by atomic mass is 19.1. The van der Waals surface area contributed by atoms with Crippen LogP contribution in [0.3, 0.4) is 0 Å². The minimum absolute atomic E-state index is 0.0245. The molecular formula is C12H13FO4. The van der Waals surface area contributed by atoms with Crippen molar-refractivity contribution in [2.75, 3.05) is 7.11 Å². The van der Waals surface area contributed by atoms with Gasteiger partial charge >= 0.3 is 11.9 Å². The highest BCUT2D eigenvalue weighted by Gasteiger charge is 2.21. The molecule has 0 fully saturated rings. The van der Waals surface area contributed by atoms with Crippen LogP contribution in [-0.2, 0) is 9.53 Å². The zero-order chi connectivity index (χ0) is 13.2. The lowest BCUT2D eigenvalue weighted by Gasteiger charge is -2.11. The summed E-state index contributed by atoms with van der Waals surface area (Å²) in [6.45, 7) is 2.92. The van der Waals surface area contributed by atoms with Gasteiger partial charge in [-0.15, -0.1) is 0 Å². The standard InChI is InChI=1S/C12H13FO4/c1-6-4-10(13)9(7(2)11(14)15)5-8(6)12(16)17-3/h4-5,7H,1-3H3,(H,14,15). The molecule has 5 heteroatoms. The molecule has 17 heavy (non-hydrogen) atoms. The second kappa shape index (κ2) is 4.95. The van der Waals surface area contributed by atoms with Crippen molar-refractivity contribution in [2.24, 2.45) is 0 Å². The molecule has 0 amide bonds. The quantitative estimate of drug-likeness (QED) is 0.822. The summed E-state index contributed by atoms with van der Waals surface area (Å²) in [5.41, 5.74) is 0.566. The lowest BCUT2D eigenvalue weighted by Crippen LogP contribution is -2.12. The largest absolute Gasteiger partial charge is 0.481 e. The molecule has 0 saturated carbocycles. The Morgan fingerprint density at radius 1 is 1.41 bits per heavy atom. The fourth-order valence-corrected chi connectivity index (χ4v) is 1.48. The molecule has 0 aromatic heterocycles. The van der Waals surface area contributed by atoms with Crippen LogP contribution in [0.15, 0.2) is 12.1 Å². The number of aryl methyl sites for hydroxylation is 1. The van der Waals surface area contributed by atoms with Gasteiger partial charge in [0.05, 0.1) is 18.6 Å². The van der Waals surface area contributed by atoms with Crippen molar-refractivity contribution in [3.63, 3.8) is 0 Å². The zero-order valence-corrected chi connectivity index (χ0v) is 9.78. The average Bonchev–Trinajstić information content (AvgIpc) is 2.27. The van der Waals surface area contributed by atoms with E-state index in [4.69, 9.17) is 5.11 Å². The van der Waals surface area contributed by atoms with Gasteiger partial charge in [0.15, 0.2) is 0 Å². The van der Waals surface area contributed by atoms with Crippen LogP contribution < -0.4 is 0 Å². The number of rotatable bonds is 3. The first kappa shape index (κ1) is 13.2. The second-order valence-electron chi connectivity index (χ2n) is 3.74. The van der Waals surface area contributed by atoms with Crippen LogP contribution in [0.5, 0.6) is 0 Å². The van der Waals surface area contributed by atoms with E-state index >= 15 is 0 Å². The summed E-state index contributed by atoms with van der Waals surface area (Å²) < 4.78 is 18.1. The van der Waals surface area contributed by atoms with Gasteiger partial charge in [0.1, 0.15) is 5.82 Å². The first-order valence-electron chi connectivity index (χ1n) is 4.99. The number of carboxylic acids is 1. The molecule has 0 spiro atoms. The van der Waals surface area contributed by atoms with Gasteiger partial charge in [-0.1, -0.05) is 0 Å². The number of ether oxygens (including phenoxy) is 1. The highest BCUT2D eigenvalue weighted by molar-refractivity contribution is 5.91. The number of carboxylic acid groups (broad SMARTS) is 1. The van der Waals surface area contributed by atoms with Crippen LogP contribution in [0, 0.1) is 12.7 Å². The maximum atomic E-state index is 13.6. The predicted molar refractivity (Wildman–Crippen MR) is 58.5 cm³/mol. The molecule has 1 rings (SSSR count). The number of aliphatic carboxylic acids is 1. The predicted octanol–water partition coefficient (Wildman–Crippen LogP) is 2.11. The molecule has 0 heterocycles. The first-order chi connectivity index (χ1) is 7.88. The van der Waals surface area contributed by atoms with Crippen LogP contribution in [0.1, 0.15) is 34.3 Å². The summed E-state index contributed by atoms with van der Waals surface area (Å²) in [5, 5.41) is 8.83. The van der Waals surface area contributed by atoms with Crippen molar-refractivity contribution in [3.8, 4) is 0 Å². The van der Waals surface area contributed by atoms with E-state index in [1.165, 1.54) is 20.1 Å². The van der Waals surface area contributed by atoms with Gasteiger partial charge in [-0.3, -0.25) is 4.79 Å². The molecule has 1 aromatic rings. The van der Waals surface area contributed by atoms with E-state index < -0.39 is 23.7 Å². The molecule has 0 aliphatic carbocycles. The molecule has 0 radical (unpaired) electrons. The molecule has 0 aliphatic heterocycles. The molecule has 1 aromatic carbocycles. The number of methoxy groups -OCH3 is 1. The van der Waals surface area contributed by atoms with Crippen molar-refractivity contribution in [1.82, 2.24) is 0 Å². The SMILES string of the molecule is COC(=O)c1cc(C(C)C(=O)O)c(F)cc1C. The Balaban J connectivity index is 3.33. The van der Waals surface area contributed by atoms with Gasteiger partial charge in [-0.2, -0.15) is 0 Å². The van der Waals surface area contributed by atoms with E-state index in [0.29, 0.717) is 5.56 Å². The van der Waals surface area contributed by atoms with Crippen molar-refractivity contribution in [3.05, 3.63) is 34.6 Å². The molecule has 4 nitrogen and oxygen atoms in total. The van der Waals surface area contributed by atoms with Gasteiger partial charge < -0.3 is 9.84 Å². The molecule has 1 N–H and O–H groups in total. The average molecular weight is 240 g/mol. The monoisotopic (exact) mass is 240 g/mol. The number of hydrogen-bond donors (Lipinski definition) is 1. The van der Waals surface area contributed by atoms with Gasteiger partial charge in [-0.25, -0.2) is 9.18 Å². The van der Waals surface area contributed by atoms with Crippen molar-refractivity contribution in [1.29, 1.82) is 0 Å². The van der Waals surface area contributed by atoms with E-state index in [0.717, 1.165) is 6.07 Å². The van der Waals surface area contributed by atoms with Crippen molar-refractivity contribution in [2.45, 2.75) is 19.8 Å². The molecule has 0 aliphatic rings. The summed E-state index contributed by atoms with van der Waals surface area (Å²) in [5.74, 6) is -3.41. The molecule has 1 atom stereocenters. The van der Waals surface area contributed by atoms with Crippen LogP contribution in [0.2, 0.25) is 0 Å². The Morgan fingerprint density at radius 3 is 2.47 bits per heavy atom. The highest BCUT2D eigenvalue weighted by Crippen LogP contribution is 2.23. The number of hydrogen-bond acceptors (Lipinski definition) is 3. The Labute approximate surface area is 98.0 Å². The molecule has 92 valence electrons. The molecule has 0 saturated heterocycles. The smallest absolute Gasteiger partial charge is 0.338 e. The van der Waals surface area contributed by atoms with E-state index in [1.807, 2.05) is 0 Å². The lowest BCUT2D eigenvalue weighted by atomic mass is 9.96. The van der Waals surface area contributed by atoms with E-state index in [-0.39, 0.29) is 11.1 Å². The third-order valence-electron chi connectivity index (χ3n) is 2.59. The normalized spacial score (nSPS) is 12.0. The van der Waals surface area contributed by atoms with Crippen molar-refractivity contribution < 1.29 is 23.8 Å². The van der Waals surface area contributed by atoms with Gasteiger partial charge in [-0.05, 0) is 31.5 Å². The summed E-state index contributed by atoms with van der Waals surface area (Å²) in [6, 6.07) is 2.37. The lowest BCUT2D eigenvalue weighted by molar-refractivity contribution is -0.138. The Kier molecular flexibility index (Phi) is 3.83. The van der Waals surface area contributed by atoms with Crippen LogP contribution in [0.25, 0.3) is 0 Å². The number of halogens is 1. The number of carbonyl (C=O) groups is 2. The Bertz CT molecular complexity index is 468. The fourth-order valence-electron chi connectivity index (χ4n) is 1.48. The topological polar surface area (TPSA) is 63.6 Å². The minimum Gasteiger partial charge on any atom is -0.481 e. The minimum atomic E-state index is -1.15. The molecule has 0 bridgehead atoms. The van der Waals surface area contributed by atoms with Crippen LogP contribution in [0.4, 0.5) is 4.39 Å². The summed E-state index contributed by atoms with van der Waals surface area (Å²) in [4.78, 5) is 22.2. The van der Waals surface area contributed by atoms with Gasteiger partial charge in [0, 0.05) is 5.56 Å². The van der Waals surface area contributed by atoms with Crippen LogP contribution in [-0.4, -0.2) is 24.2 Å². The van der Waals surface area contributed by atoms with Crippen LogP contribution >= 0.6 is 0 Å². The first-order valence-corrected chi connectivity index (χ1v) is 4.99. The van der Waals surface area contributed by atoms with Crippen molar-refractivity contribution >= 4 is 11.9 Å². The summed E-state index contributed by atoms with van der Waals surface area (Å²) in [7, 11) is 1.21. The maximum Gasteiger partial charge on any atom is 0.338 e. The van der Waals surface area contributed by atoms with E-state index in [2.05, 4.69) is 4.74 Å². The Morgan fingerprint density at radius 2 is 2.00 bits per heavy atom. The number of esters is 1. The second-order valence-corrected chi connectivity index (χ2v) is 3.74. The van der Waals surface area contributed by atoms with Gasteiger partial charge in [0.25, 0.3) is 0 Å².